The molecule has 0 radical (unpaired) electrons. The number of aryl methyl sites for hydroxylation is 1. The molecule has 0 bridgehead atoms. The second-order valence-electron chi connectivity index (χ2n) is 7.53. The Kier molecular flexibility index (Phi) is 5.14. The van der Waals surface area contributed by atoms with E-state index in [1.165, 1.54) is 12.1 Å². The molecule has 0 spiro atoms. The predicted octanol–water partition coefficient (Wildman–Crippen LogP) is 4.15. The van der Waals surface area contributed by atoms with Crippen LogP contribution in [-0.4, -0.2) is 36.6 Å². The third kappa shape index (κ3) is 3.84. The molecule has 32 heavy (non-hydrogen) atoms. The molecule has 5 rings (SSSR count). The highest BCUT2D eigenvalue weighted by Gasteiger charge is 2.23. The Morgan fingerprint density at radius 3 is 2.69 bits per heavy atom. The van der Waals surface area contributed by atoms with Gasteiger partial charge in [0.2, 0.25) is 5.95 Å². The maximum Gasteiger partial charge on any atom is 0.246 e. The Hall–Kier alpha value is -4.01. The molecule has 4 aromatic rings. The van der Waals surface area contributed by atoms with Gasteiger partial charge in [-0.15, -0.1) is 5.10 Å². The molecule has 1 aliphatic heterocycles. The number of methoxy groups -OCH3 is 1. The molecule has 1 N–H and O–H groups in total. The maximum atomic E-state index is 13.4. The number of allylic oxidation sites excluding steroid dienone is 2. The van der Waals surface area contributed by atoms with Gasteiger partial charge in [-0.2, -0.15) is 10.1 Å². The summed E-state index contributed by atoms with van der Waals surface area (Å²) in [5.41, 5.74) is 2.58. The monoisotopic (exact) mass is 431 g/mol. The van der Waals surface area contributed by atoms with Gasteiger partial charge in [0.25, 0.3) is 0 Å². The summed E-state index contributed by atoms with van der Waals surface area (Å²) in [6.45, 7) is 2.47. The van der Waals surface area contributed by atoms with Crippen molar-refractivity contribution in [1.29, 1.82) is 0 Å². The maximum absolute atomic E-state index is 13.4. The molecule has 0 amide bonds. The van der Waals surface area contributed by atoms with Gasteiger partial charge >= 0.3 is 0 Å². The fraction of sp³-hybridized carbons (Fsp3) is 0.217. The molecule has 0 fully saturated rings. The van der Waals surface area contributed by atoms with Crippen molar-refractivity contribution in [1.82, 2.24) is 29.5 Å². The number of rotatable bonds is 5. The highest BCUT2D eigenvalue weighted by Crippen LogP contribution is 2.31. The predicted molar refractivity (Wildman–Crippen MR) is 118 cm³/mol. The molecular formula is C23H22FN7O. The highest BCUT2D eigenvalue weighted by atomic mass is 19.1. The quantitative estimate of drug-likeness (QED) is 0.478. The number of nitrogens with one attached hydrogen (secondary N) is 1. The topological polar surface area (TPSA) is 82.7 Å². The van der Waals surface area contributed by atoms with E-state index in [0.717, 1.165) is 29.2 Å². The normalized spacial score (nSPS) is 15.3. The van der Waals surface area contributed by atoms with Crippen LogP contribution in [0.4, 0.5) is 16.0 Å². The zero-order chi connectivity index (χ0) is 22.1. The number of nitrogens with zero attached hydrogens (tertiary/aromatic N) is 6. The van der Waals surface area contributed by atoms with Crippen molar-refractivity contribution >= 4 is 11.6 Å². The third-order valence-corrected chi connectivity index (χ3v) is 5.39. The lowest BCUT2D eigenvalue weighted by molar-refractivity contribution is 0.412. The van der Waals surface area contributed by atoms with E-state index in [-0.39, 0.29) is 11.7 Å². The summed E-state index contributed by atoms with van der Waals surface area (Å²) in [5, 5.41) is 12.3. The summed E-state index contributed by atoms with van der Waals surface area (Å²) < 4.78 is 22.5. The van der Waals surface area contributed by atoms with Crippen LogP contribution in [0.3, 0.4) is 0 Å². The Balaban J connectivity index is 1.44. The molecule has 9 heteroatoms. The fourth-order valence-corrected chi connectivity index (χ4v) is 3.83. The minimum absolute atomic E-state index is 0.00451. The van der Waals surface area contributed by atoms with Crippen LogP contribution in [0.1, 0.15) is 29.6 Å². The van der Waals surface area contributed by atoms with Crippen molar-refractivity contribution in [3.63, 3.8) is 0 Å². The van der Waals surface area contributed by atoms with Crippen molar-refractivity contribution in [2.45, 2.75) is 25.8 Å². The molecule has 2 aromatic carbocycles. The lowest BCUT2D eigenvalue weighted by Crippen LogP contribution is -2.08. The van der Waals surface area contributed by atoms with E-state index in [2.05, 4.69) is 32.7 Å². The molecule has 1 unspecified atom stereocenters. The molecule has 0 saturated heterocycles. The molecule has 8 nitrogen and oxygen atoms in total. The van der Waals surface area contributed by atoms with E-state index in [1.807, 2.05) is 29.8 Å². The van der Waals surface area contributed by atoms with Crippen molar-refractivity contribution in [2.24, 2.45) is 0 Å². The standard InChI is InChI=1S/C23H22FN7O/c1-15-25-14-31(28-15)20-11-10-18(13-21(20)32-2)26-23-27-22-19(5-3-4-12-30(22)29-23)16-6-8-17(24)9-7-16/h3-4,6-11,13-14,19H,5,12H2,1-2H3,(H,26,29). The van der Waals surface area contributed by atoms with Crippen LogP contribution >= 0.6 is 0 Å². The number of ether oxygens (including phenoxy) is 1. The van der Waals surface area contributed by atoms with Gasteiger partial charge in [0.05, 0.1) is 13.7 Å². The fourth-order valence-electron chi connectivity index (χ4n) is 3.83. The summed E-state index contributed by atoms with van der Waals surface area (Å²) >= 11 is 0. The summed E-state index contributed by atoms with van der Waals surface area (Å²) in [5.74, 6) is 2.42. The van der Waals surface area contributed by atoms with Gasteiger partial charge in [-0.05, 0) is 43.2 Å². The zero-order valence-corrected chi connectivity index (χ0v) is 17.7. The van der Waals surface area contributed by atoms with Crippen LogP contribution < -0.4 is 10.1 Å². The van der Waals surface area contributed by atoms with Gasteiger partial charge in [0.15, 0.2) is 0 Å². The number of hydrogen-bond acceptors (Lipinski definition) is 6. The van der Waals surface area contributed by atoms with Crippen molar-refractivity contribution in [2.75, 3.05) is 12.4 Å². The van der Waals surface area contributed by atoms with Crippen LogP contribution in [-0.2, 0) is 6.54 Å². The van der Waals surface area contributed by atoms with Crippen LogP contribution in [0.2, 0.25) is 0 Å². The van der Waals surface area contributed by atoms with Crippen molar-refractivity contribution in [3.05, 3.63) is 84.0 Å². The summed E-state index contributed by atoms with van der Waals surface area (Å²) in [6, 6.07) is 12.3. The lowest BCUT2D eigenvalue weighted by Gasteiger charge is -2.13. The summed E-state index contributed by atoms with van der Waals surface area (Å²) in [6.07, 6.45) is 6.62. The molecule has 3 heterocycles. The van der Waals surface area contributed by atoms with Crippen LogP contribution in [0.25, 0.3) is 5.69 Å². The summed E-state index contributed by atoms with van der Waals surface area (Å²) in [4.78, 5) is 8.94. The van der Waals surface area contributed by atoms with Gasteiger partial charge < -0.3 is 10.1 Å². The Labute approximate surface area is 184 Å². The smallest absolute Gasteiger partial charge is 0.246 e. The van der Waals surface area contributed by atoms with Crippen LogP contribution in [0, 0.1) is 12.7 Å². The molecule has 0 aliphatic carbocycles. The lowest BCUT2D eigenvalue weighted by atomic mass is 9.95. The average Bonchev–Trinajstić information content (AvgIpc) is 3.35. The number of benzene rings is 2. The van der Waals surface area contributed by atoms with Gasteiger partial charge in [0, 0.05) is 17.7 Å². The van der Waals surface area contributed by atoms with E-state index in [9.17, 15) is 4.39 Å². The summed E-state index contributed by atoms with van der Waals surface area (Å²) in [7, 11) is 1.61. The number of halogens is 1. The molecule has 2 aromatic heterocycles. The molecule has 0 saturated carbocycles. The number of anilines is 2. The first-order valence-corrected chi connectivity index (χ1v) is 10.3. The van der Waals surface area contributed by atoms with Gasteiger partial charge in [0.1, 0.15) is 35.2 Å². The Morgan fingerprint density at radius 2 is 1.94 bits per heavy atom. The molecular weight excluding hydrogens is 409 g/mol. The Bertz CT molecular complexity index is 1280. The number of hydrogen-bond donors (Lipinski definition) is 1. The van der Waals surface area contributed by atoms with E-state index in [1.54, 1.807) is 30.3 Å². The zero-order valence-electron chi connectivity index (χ0n) is 17.7. The minimum atomic E-state index is -0.250. The minimum Gasteiger partial charge on any atom is -0.494 e. The number of fused-ring (bicyclic) bond motifs is 1. The largest absolute Gasteiger partial charge is 0.494 e. The average molecular weight is 431 g/mol. The first-order valence-electron chi connectivity index (χ1n) is 10.3. The van der Waals surface area contributed by atoms with E-state index < -0.39 is 0 Å². The van der Waals surface area contributed by atoms with Crippen molar-refractivity contribution in [3.8, 4) is 11.4 Å². The first-order chi connectivity index (χ1) is 15.6. The van der Waals surface area contributed by atoms with Crippen molar-refractivity contribution < 1.29 is 9.13 Å². The highest BCUT2D eigenvalue weighted by molar-refractivity contribution is 5.61. The van der Waals surface area contributed by atoms with Gasteiger partial charge in [-0.25, -0.2) is 18.7 Å². The van der Waals surface area contributed by atoms with Crippen LogP contribution in [0.15, 0.2) is 60.9 Å². The second-order valence-corrected chi connectivity index (χ2v) is 7.53. The SMILES string of the molecule is COc1cc(Nc2nc3n(n2)CC=CCC3c2ccc(F)cc2)ccc1-n1cnc(C)n1. The molecule has 162 valence electrons. The van der Waals surface area contributed by atoms with Gasteiger partial charge in [-0.3, -0.25) is 0 Å². The molecule has 1 atom stereocenters. The third-order valence-electron chi connectivity index (χ3n) is 5.39. The number of aromatic nitrogens is 6. The van der Waals surface area contributed by atoms with E-state index in [4.69, 9.17) is 9.72 Å². The Morgan fingerprint density at radius 1 is 1.09 bits per heavy atom. The first kappa shape index (κ1) is 19.9. The van der Waals surface area contributed by atoms with E-state index >= 15 is 0 Å². The second kappa shape index (κ2) is 8.26. The van der Waals surface area contributed by atoms with E-state index in [0.29, 0.717) is 24.1 Å². The molecule has 1 aliphatic rings. The van der Waals surface area contributed by atoms with Crippen LogP contribution in [0.5, 0.6) is 5.75 Å². The van der Waals surface area contributed by atoms with Gasteiger partial charge in [-0.1, -0.05) is 24.3 Å².